The van der Waals surface area contributed by atoms with Gasteiger partial charge in [0.15, 0.2) is 0 Å². The highest BCUT2D eigenvalue weighted by Gasteiger charge is 2.08. The first-order chi connectivity index (χ1) is 9.10. The Morgan fingerprint density at radius 2 is 1.68 bits per heavy atom. The zero-order valence-corrected chi connectivity index (χ0v) is 11.3. The Labute approximate surface area is 120 Å². The van der Waals surface area contributed by atoms with Gasteiger partial charge >= 0.3 is 0 Å². The fourth-order valence-corrected chi connectivity index (χ4v) is 2.19. The molecule has 0 aliphatic heterocycles. The van der Waals surface area contributed by atoms with Gasteiger partial charge in [0, 0.05) is 6.54 Å². The lowest BCUT2D eigenvalue weighted by atomic mass is 10.1. The Kier molecular flexibility index (Phi) is 4.26. The maximum absolute atomic E-state index is 13.0. The lowest BCUT2D eigenvalue weighted by Crippen LogP contribution is -2.01. The molecule has 0 heterocycles. The van der Waals surface area contributed by atoms with Gasteiger partial charge in [0.2, 0.25) is 0 Å². The predicted octanol–water partition coefficient (Wildman–Crippen LogP) is 4.62. The molecule has 2 rings (SSSR count). The minimum absolute atomic E-state index is 0.235. The van der Waals surface area contributed by atoms with Gasteiger partial charge in [-0.05, 0) is 29.8 Å². The standard InChI is InChI=1S/C14H9Cl2FN2/c15-12-5-11(17)6-13(16)14(12)19-8-10-3-1-9(7-18)2-4-10/h1-6,19H,8H2. The molecule has 0 saturated heterocycles. The second-order valence-corrected chi connectivity index (χ2v) is 4.72. The highest BCUT2D eigenvalue weighted by Crippen LogP contribution is 2.31. The smallest absolute Gasteiger partial charge is 0.126 e. The number of rotatable bonds is 3. The lowest BCUT2D eigenvalue weighted by Gasteiger charge is -2.10. The predicted molar refractivity (Wildman–Crippen MR) is 74.9 cm³/mol. The third-order valence-corrected chi connectivity index (χ3v) is 3.16. The van der Waals surface area contributed by atoms with Crippen LogP contribution in [0.15, 0.2) is 36.4 Å². The summed E-state index contributed by atoms with van der Waals surface area (Å²) in [5.41, 5.74) is 2.06. The summed E-state index contributed by atoms with van der Waals surface area (Å²) in [5, 5.41) is 12.2. The summed E-state index contributed by atoms with van der Waals surface area (Å²) in [6.07, 6.45) is 0. The van der Waals surface area contributed by atoms with Crippen molar-refractivity contribution in [3.8, 4) is 6.07 Å². The van der Waals surface area contributed by atoms with Crippen LogP contribution < -0.4 is 5.32 Å². The molecule has 0 atom stereocenters. The highest BCUT2D eigenvalue weighted by molar-refractivity contribution is 6.39. The van der Waals surface area contributed by atoms with Crippen LogP contribution in [0.3, 0.4) is 0 Å². The molecule has 5 heteroatoms. The van der Waals surface area contributed by atoms with Gasteiger partial charge in [0.1, 0.15) is 5.82 Å². The quantitative estimate of drug-likeness (QED) is 0.897. The number of nitrogens with zero attached hydrogens (tertiary/aromatic N) is 1. The summed E-state index contributed by atoms with van der Waals surface area (Å²) >= 11 is 11.8. The van der Waals surface area contributed by atoms with Crippen molar-refractivity contribution in [2.24, 2.45) is 0 Å². The molecular weight excluding hydrogens is 286 g/mol. The van der Waals surface area contributed by atoms with Crippen LogP contribution in [0.2, 0.25) is 10.0 Å². The molecule has 0 amide bonds. The minimum Gasteiger partial charge on any atom is -0.379 e. The molecule has 2 aromatic rings. The first-order valence-corrected chi connectivity index (χ1v) is 6.23. The van der Waals surface area contributed by atoms with Crippen molar-refractivity contribution in [2.45, 2.75) is 6.54 Å². The number of halogens is 3. The molecular formula is C14H9Cl2FN2. The van der Waals surface area contributed by atoms with Crippen molar-refractivity contribution in [1.82, 2.24) is 0 Å². The number of hydrogen-bond donors (Lipinski definition) is 1. The molecule has 96 valence electrons. The van der Waals surface area contributed by atoms with Crippen LogP contribution >= 0.6 is 23.2 Å². The van der Waals surface area contributed by atoms with Crippen LogP contribution in [-0.2, 0) is 6.54 Å². The van der Waals surface area contributed by atoms with E-state index < -0.39 is 5.82 Å². The number of nitrogens with one attached hydrogen (secondary N) is 1. The molecule has 0 bridgehead atoms. The van der Waals surface area contributed by atoms with Crippen LogP contribution in [0.25, 0.3) is 0 Å². The fraction of sp³-hybridized carbons (Fsp3) is 0.0714. The average Bonchev–Trinajstić information content (AvgIpc) is 2.38. The summed E-state index contributed by atoms with van der Waals surface area (Å²) in [4.78, 5) is 0. The van der Waals surface area contributed by atoms with Gasteiger partial charge in [-0.25, -0.2) is 4.39 Å². The summed E-state index contributed by atoms with van der Waals surface area (Å²) in [6, 6.07) is 11.6. The Morgan fingerprint density at radius 3 is 2.21 bits per heavy atom. The van der Waals surface area contributed by atoms with E-state index in [4.69, 9.17) is 28.5 Å². The van der Waals surface area contributed by atoms with Crippen molar-refractivity contribution in [3.63, 3.8) is 0 Å². The second-order valence-electron chi connectivity index (χ2n) is 3.91. The first kappa shape index (κ1) is 13.7. The molecule has 0 spiro atoms. The zero-order chi connectivity index (χ0) is 13.8. The van der Waals surface area contributed by atoms with Gasteiger partial charge in [0.05, 0.1) is 27.4 Å². The Bertz CT molecular complexity index is 610. The Hall–Kier alpha value is -1.76. The van der Waals surface area contributed by atoms with Gasteiger partial charge in [0.25, 0.3) is 0 Å². The van der Waals surface area contributed by atoms with E-state index in [-0.39, 0.29) is 10.0 Å². The van der Waals surface area contributed by atoms with Gasteiger partial charge in [-0.3, -0.25) is 0 Å². The van der Waals surface area contributed by atoms with E-state index in [0.29, 0.717) is 17.8 Å². The first-order valence-electron chi connectivity index (χ1n) is 5.47. The molecule has 0 aromatic heterocycles. The van der Waals surface area contributed by atoms with Crippen molar-refractivity contribution in [1.29, 1.82) is 5.26 Å². The molecule has 0 fully saturated rings. The third kappa shape index (κ3) is 3.37. The van der Waals surface area contributed by atoms with Crippen molar-refractivity contribution < 1.29 is 4.39 Å². The number of nitriles is 1. The summed E-state index contributed by atoms with van der Waals surface area (Å²) in [6.45, 7) is 0.483. The molecule has 0 aliphatic rings. The summed E-state index contributed by atoms with van der Waals surface area (Å²) in [7, 11) is 0. The minimum atomic E-state index is -0.473. The number of anilines is 1. The SMILES string of the molecule is N#Cc1ccc(CNc2c(Cl)cc(F)cc2Cl)cc1. The van der Waals surface area contributed by atoms with Gasteiger partial charge in [-0.1, -0.05) is 35.3 Å². The van der Waals surface area contributed by atoms with Crippen molar-refractivity contribution >= 4 is 28.9 Å². The van der Waals surface area contributed by atoms with E-state index in [1.54, 1.807) is 12.1 Å². The highest BCUT2D eigenvalue weighted by atomic mass is 35.5. The monoisotopic (exact) mass is 294 g/mol. The molecule has 0 radical (unpaired) electrons. The number of hydrogen-bond acceptors (Lipinski definition) is 2. The Morgan fingerprint density at radius 1 is 1.11 bits per heavy atom. The molecule has 1 N–H and O–H groups in total. The topological polar surface area (TPSA) is 35.8 Å². The average molecular weight is 295 g/mol. The molecule has 2 aromatic carbocycles. The molecule has 0 unspecified atom stereocenters. The lowest BCUT2D eigenvalue weighted by molar-refractivity contribution is 0.628. The number of benzene rings is 2. The summed E-state index contributed by atoms with van der Waals surface area (Å²) in [5.74, 6) is -0.473. The van der Waals surface area contributed by atoms with Gasteiger partial charge < -0.3 is 5.32 Å². The molecule has 0 aliphatic carbocycles. The molecule has 2 nitrogen and oxygen atoms in total. The second kappa shape index (κ2) is 5.92. The van der Waals surface area contributed by atoms with Crippen LogP contribution in [0, 0.1) is 17.1 Å². The van der Waals surface area contributed by atoms with Crippen LogP contribution in [0.4, 0.5) is 10.1 Å². The van der Waals surface area contributed by atoms with E-state index >= 15 is 0 Å². The zero-order valence-electron chi connectivity index (χ0n) is 9.75. The van der Waals surface area contributed by atoms with E-state index in [9.17, 15) is 4.39 Å². The summed E-state index contributed by atoms with van der Waals surface area (Å²) < 4.78 is 13.0. The maximum atomic E-state index is 13.0. The van der Waals surface area contributed by atoms with E-state index in [0.717, 1.165) is 5.56 Å². The molecule has 19 heavy (non-hydrogen) atoms. The van der Waals surface area contributed by atoms with Gasteiger partial charge in [-0.15, -0.1) is 0 Å². The van der Waals surface area contributed by atoms with Crippen LogP contribution in [0.1, 0.15) is 11.1 Å². The largest absolute Gasteiger partial charge is 0.379 e. The van der Waals surface area contributed by atoms with E-state index in [2.05, 4.69) is 5.32 Å². The van der Waals surface area contributed by atoms with Crippen molar-refractivity contribution in [3.05, 3.63) is 63.4 Å². The fourth-order valence-electron chi connectivity index (χ4n) is 1.60. The van der Waals surface area contributed by atoms with Gasteiger partial charge in [-0.2, -0.15) is 5.26 Å². The normalized spacial score (nSPS) is 10.0. The van der Waals surface area contributed by atoms with E-state index in [1.807, 2.05) is 18.2 Å². The van der Waals surface area contributed by atoms with Crippen LogP contribution in [-0.4, -0.2) is 0 Å². The maximum Gasteiger partial charge on any atom is 0.126 e. The van der Waals surface area contributed by atoms with E-state index in [1.165, 1.54) is 12.1 Å². The van der Waals surface area contributed by atoms with Crippen LogP contribution in [0.5, 0.6) is 0 Å². The third-order valence-electron chi connectivity index (χ3n) is 2.56. The van der Waals surface area contributed by atoms with Crippen molar-refractivity contribution in [2.75, 3.05) is 5.32 Å². The molecule has 0 saturated carbocycles. The Balaban J connectivity index is 2.12.